The molecule has 6 nitrogen and oxygen atoms in total. The van der Waals surface area contributed by atoms with Crippen LogP contribution >= 0.6 is 0 Å². The third-order valence-electron chi connectivity index (χ3n) is 4.79. The second-order valence-corrected chi connectivity index (χ2v) is 7.17. The van der Waals surface area contributed by atoms with E-state index in [1.54, 1.807) is 12.4 Å². The Morgan fingerprint density at radius 3 is 1.45 bits per heavy atom. The van der Waals surface area contributed by atoms with Gasteiger partial charge in [-0.2, -0.15) is 0 Å². The molecule has 0 aliphatic heterocycles. The van der Waals surface area contributed by atoms with E-state index in [0.29, 0.717) is 0 Å². The highest BCUT2D eigenvalue weighted by atomic mass is 14.9. The topological polar surface area (TPSA) is 75.6 Å². The minimum atomic E-state index is 0.744. The first kappa shape index (κ1) is 20.8. The molecule has 0 atom stereocenters. The summed E-state index contributed by atoms with van der Waals surface area (Å²) in [6.45, 7) is 3.33. The Labute approximate surface area is 182 Å². The van der Waals surface area contributed by atoms with E-state index in [2.05, 4.69) is 20.6 Å². The van der Waals surface area contributed by atoms with Crippen molar-refractivity contribution in [1.82, 2.24) is 30.6 Å². The van der Waals surface area contributed by atoms with Crippen LogP contribution in [0.25, 0.3) is 22.8 Å². The molecule has 0 saturated heterocycles. The fourth-order valence-electron chi connectivity index (χ4n) is 3.24. The summed E-state index contributed by atoms with van der Waals surface area (Å²) in [5, 5.41) is 6.93. The minimum absolute atomic E-state index is 0.744. The molecule has 6 heteroatoms. The Morgan fingerprint density at radius 2 is 1.00 bits per heavy atom. The Hall–Kier alpha value is -3.48. The van der Waals surface area contributed by atoms with Gasteiger partial charge in [-0.15, -0.1) is 0 Å². The fourth-order valence-corrected chi connectivity index (χ4v) is 3.24. The third kappa shape index (κ3) is 6.25. The van der Waals surface area contributed by atoms with Gasteiger partial charge >= 0.3 is 0 Å². The highest BCUT2D eigenvalue weighted by Crippen LogP contribution is 2.14. The average molecular weight is 411 g/mol. The summed E-state index contributed by atoms with van der Waals surface area (Å²) in [6, 6.07) is 23.9. The van der Waals surface area contributed by atoms with Crippen molar-refractivity contribution in [1.29, 1.82) is 0 Å². The molecular weight excluding hydrogens is 384 g/mol. The van der Waals surface area contributed by atoms with Crippen LogP contribution in [0.15, 0.2) is 85.2 Å². The van der Waals surface area contributed by atoms with Gasteiger partial charge in [-0.25, -0.2) is 9.97 Å². The van der Waals surface area contributed by atoms with E-state index in [1.165, 1.54) is 0 Å². The molecule has 0 aliphatic carbocycles. The number of nitrogens with one attached hydrogen (secondary N) is 2. The van der Waals surface area contributed by atoms with Gasteiger partial charge in [-0.1, -0.05) is 24.3 Å². The van der Waals surface area contributed by atoms with Crippen LogP contribution in [0.1, 0.15) is 17.8 Å². The van der Waals surface area contributed by atoms with Crippen molar-refractivity contribution in [3.05, 3.63) is 96.6 Å². The van der Waals surface area contributed by atoms with Gasteiger partial charge in [-0.05, 0) is 68.0 Å². The van der Waals surface area contributed by atoms with Gasteiger partial charge in [0.15, 0.2) is 0 Å². The molecule has 0 amide bonds. The largest absolute Gasteiger partial charge is 0.311 e. The number of rotatable bonds is 10. The van der Waals surface area contributed by atoms with Crippen LogP contribution in [0.5, 0.6) is 0 Å². The number of hydrogen-bond acceptors (Lipinski definition) is 6. The fraction of sp³-hybridized carbons (Fsp3) is 0.200. The zero-order valence-corrected chi connectivity index (χ0v) is 17.4. The molecule has 4 rings (SSSR count). The van der Waals surface area contributed by atoms with Crippen molar-refractivity contribution in [2.75, 3.05) is 13.1 Å². The van der Waals surface area contributed by atoms with Gasteiger partial charge in [0.1, 0.15) is 0 Å². The number of hydrogen-bond donors (Lipinski definition) is 2. The lowest BCUT2D eigenvalue weighted by Crippen LogP contribution is -2.22. The predicted octanol–water partition coefficient (Wildman–Crippen LogP) is 3.87. The summed E-state index contributed by atoms with van der Waals surface area (Å²) in [6.07, 6.45) is 4.61. The van der Waals surface area contributed by atoms with Crippen LogP contribution in [-0.4, -0.2) is 33.0 Å². The number of pyridine rings is 4. The van der Waals surface area contributed by atoms with Gasteiger partial charge in [0, 0.05) is 25.5 Å². The second kappa shape index (κ2) is 11.1. The first-order chi connectivity index (χ1) is 15.4. The Kier molecular flexibility index (Phi) is 7.41. The first-order valence-corrected chi connectivity index (χ1v) is 10.5. The lowest BCUT2D eigenvalue weighted by molar-refractivity contribution is 0.588. The van der Waals surface area contributed by atoms with Gasteiger partial charge in [0.05, 0.1) is 34.2 Å². The van der Waals surface area contributed by atoms with Crippen molar-refractivity contribution in [3.63, 3.8) is 0 Å². The SMILES string of the molecule is c1ccc(-c2cccc(CNCCCNCc3cccc(-c4ccccn4)n3)n2)nc1. The summed E-state index contributed by atoms with van der Waals surface area (Å²) in [4.78, 5) is 18.1. The van der Waals surface area contributed by atoms with Gasteiger partial charge in [-0.3, -0.25) is 9.97 Å². The summed E-state index contributed by atoms with van der Waals surface area (Å²) in [7, 11) is 0. The van der Waals surface area contributed by atoms with Gasteiger partial charge < -0.3 is 10.6 Å². The number of aromatic nitrogens is 4. The molecule has 0 bridgehead atoms. The normalized spacial score (nSPS) is 10.8. The minimum Gasteiger partial charge on any atom is -0.311 e. The first-order valence-electron chi connectivity index (χ1n) is 10.5. The van der Waals surface area contributed by atoms with E-state index >= 15 is 0 Å². The van der Waals surface area contributed by atoms with Crippen molar-refractivity contribution in [2.24, 2.45) is 0 Å². The Bertz CT molecular complexity index is 982. The van der Waals surface area contributed by atoms with Gasteiger partial charge in [0.25, 0.3) is 0 Å². The molecule has 2 N–H and O–H groups in total. The molecule has 0 saturated carbocycles. The summed E-state index contributed by atoms with van der Waals surface area (Å²) in [5.41, 5.74) is 5.64. The Morgan fingerprint density at radius 1 is 0.516 bits per heavy atom. The highest BCUT2D eigenvalue weighted by molar-refractivity contribution is 5.54. The lowest BCUT2D eigenvalue weighted by Gasteiger charge is -2.08. The zero-order valence-electron chi connectivity index (χ0n) is 17.4. The highest BCUT2D eigenvalue weighted by Gasteiger charge is 2.03. The Balaban J connectivity index is 1.17. The van der Waals surface area contributed by atoms with Crippen LogP contribution in [0.2, 0.25) is 0 Å². The molecule has 156 valence electrons. The van der Waals surface area contributed by atoms with Gasteiger partial charge in [0.2, 0.25) is 0 Å². The quantitative estimate of drug-likeness (QED) is 0.387. The monoisotopic (exact) mass is 410 g/mol. The van der Waals surface area contributed by atoms with E-state index in [-0.39, 0.29) is 0 Å². The molecule has 4 heterocycles. The van der Waals surface area contributed by atoms with Crippen molar-refractivity contribution >= 4 is 0 Å². The van der Waals surface area contributed by atoms with E-state index in [9.17, 15) is 0 Å². The molecule has 4 aromatic heterocycles. The maximum Gasteiger partial charge on any atom is 0.0890 e. The van der Waals surface area contributed by atoms with E-state index < -0.39 is 0 Å². The average Bonchev–Trinajstić information content (AvgIpc) is 2.85. The van der Waals surface area contributed by atoms with Crippen LogP contribution in [0.3, 0.4) is 0 Å². The lowest BCUT2D eigenvalue weighted by atomic mass is 10.2. The van der Waals surface area contributed by atoms with Crippen molar-refractivity contribution in [2.45, 2.75) is 19.5 Å². The standard InChI is InChI=1S/C25H26N6/c1-3-16-28-22(10-1)24-12-5-8-20(30-24)18-26-14-7-15-27-19-21-9-6-13-25(31-21)23-11-2-4-17-29-23/h1-6,8-13,16-17,26-27H,7,14-15,18-19H2. The molecule has 4 aromatic rings. The second-order valence-electron chi connectivity index (χ2n) is 7.17. The number of nitrogens with zero attached hydrogens (tertiary/aromatic N) is 4. The predicted molar refractivity (Wildman–Crippen MR) is 123 cm³/mol. The van der Waals surface area contributed by atoms with Crippen LogP contribution in [0, 0.1) is 0 Å². The smallest absolute Gasteiger partial charge is 0.0890 e. The van der Waals surface area contributed by atoms with Crippen LogP contribution < -0.4 is 10.6 Å². The molecule has 0 spiro atoms. The maximum atomic E-state index is 4.70. The molecule has 0 aliphatic rings. The third-order valence-corrected chi connectivity index (χ3v) is 4.79. The molecule has 0 fully saturated rings. The van der Waals surface area contributed by atoms with Crippen molar-refractivity contribution in [3.8, 4) is 22.8 Å². The van der Waals surface area contributed by atoms with Crippen molar-refractivity contribution < 1.29 is 0 Å². The molecule has 0 radical (unpaired) electrons. The molecule has 31 heavy (non-hydrogen) atoms. The molecular formula is C25H26N6. The van der Waals surface area contributed by atoms with E-state index in [4.69, 9.17) is 9.97 Å². The van der Waals surface area contributed by atoms with Crippen LogP contribution in [0.4, 0.5) is 0 Å². The molecule has 0 aromatic carbocycles. The van der Waals surface area contributed by atoms with E-state index in [1.807, 2.05) is 72.8 Å². The molecule has 0 unspecified atom stereocenters. The zero-order chi connectivity index (χ0) is 21.1. The van der Waals surface area contributed by atoms with Crippen LogP contribution in [-0.2, 0) is 13.1 Å². The maximum absolute atomic E-state index is 4.70. The summed E-state index contributed by atoms with van der Waals surface area (Å²) >= 11 is 0. The van der Waals surface area contributed by atoms with E-state index in [0.717, 1.165) is 66.8 Å². The summed E-state index contributed by atoms with van der Waals surface area (Å²) < 4.78 is 0. The summed E-state index contributed by atoms with van der Waals surface area (Å²) in [5.74, 6) is 0.